The van der Waals surface area contributed by atoms with Gasteiger partial charge in [-0.1, -0.05) is 18.2 Å². The molecule has 0 heterocycles. The number of para-hydroxylation sites is 1. The summed E-state index contributed by atoms with van der Waals surface area (Å²) in [6.45, 7) is 1.52. The summed E-state index contributed by atoms with van der Waals surface area (Å²) in [5.41, 5.74) is 0. The van der Waals surface area contributed by atoms with E-state index in [2.05, 4.69) is 10.6 Å². The van der Waals surface area contributed by atoms with Crippen molar-refractivity contribution >= 4 is 11.9 Å². The number of imide groups is 1. The number of carbonyl (C=O) groups excluding carboxylic acids is 2. The van der Waals surface area contributed by atoms with E-state index in [4.69, 9.17) is 4.74 Å². The molecule has 6 heteroatoms. The number of nitrogens with one attached hydrogen (secondary N) is 2. The molecule has 120 valence electrons. The maximum atomic E-state index is 11.7. The van der Waals surface area contributed by atoms with E-state index in [1.165, 1.54) is 0 Å². The van der Waals surface area contributed by atoms with Crippen LogP contribution in [0.2, 0.25) is 0 Å². The summed E-state index contributed by atoms with van der Waals surface area (Å²) in [4.78, 5) is 25.0. The third-order valence-corrected chi connectivity index (χ3v) is 3.28. The molecule has 0 aliphatic heterocycles. The molecule has 0 spiro atoms. The first-order valence-corrected chi connectivity index (χ1v) is 7.60. The minimum absolute atomic E-state index is 0.198. The van der Waals surface area contributed by atoms with Gasteiger partial charge in [-0.2, -0.15) is 0 Å². The molecule has 2 N–H and O–H groups in total. The summed E-state index contributed by atoms with van der Waals surface area (Å²) in [5, 5.41) is 5.06. The van der Waals surface area contributed by atoms with Gasteiger partial charge in [0, 0.05) is 12.6 Å². The Morgan fingerprint density at radius 2 is 2.00 bits per heavy atom. The van der Waals surface area contributed by atoms with Crippen LogP contribution in [0.1, 0.15) is 19.3 Å². The zero-order valence-corrected chi connectivity index (χ0v) is 12.9. The lowest BCUT2D eigenvalue weighted by atomic mass is 10.3. The topological polar surface area (TPSA) is 70.7 Å². The van der Waals surface area contributed by atoms with Gasteiger partial charge < -0.3 is 10.1 Å². The van der Waals surface area contributed by atoms with E-state index in [9.17, 15) is 9.59 Å². The molecule has 0 bridgehead atoms. The normalized spacial score (nSPS) is 13.7. The number of urea groups is 1. The largest absolute Gasteiger partial charge is 0.494 e. The maximum absolute atomic E-state index is 11.7. The molecule has 2 rings (SSSR count). The smallest absolute Gasteiger partial charge is 0.321 e. The Morgan fingerprint density at radius 3 is 2.68 bits per heavy atom. The number of carbonyl (C=O) groups is 2. The van der Waals surface area contributed by atoms with Gasteiger partial charge in [0.05, 0.1) is 13.2 Å². The number of ether oxygens (including phenoxy) is 1. The van der Waals surface area contributed by atoms with E-state index in [1.807, 2.05) is 42.3 Å². The lowest BCUT2D eigenvalue weighted by molar-refractivity contribution is -0.120. The molecule has 1 aromatic rings. The van der Waals surface area contributed by atoms with Crippen LogP contribution in [0.5, 0.6) is 5.75 Å². The molecular formula is C16H23N3O3. The molecule has 0 unspecified atom stereocenters. The summed E-state index contributed by atoms with van der Waals surface area (Å²) in [6, 6.07) is 9.48. The Labute approximate surface area is 130 Å². The van der Waals surface area contributed by atoms with E-state index in [1.54, 1.807) is 0 Å². The Morgan fingerprint density at radius 1 is 1.27 bits per heavy atom. The van der Waals surface area contributed by atoms with Crippen molar-refractivity contribution in [2.45, 2.75) is 25.3 Å². The fourth-order valence-corrected chi connectivity index (χ4v) is 1.98. The SMILES string of the molecule is CN(CCCOc1ccccc1)CC(=O)NC(=O)NC1CC1. The first-order valence-electron chi connectivity index (χ1n) is 7.60. The van der Waals surface area contributed by atoms with Crippen molar-refractivity contribution < 1.29 is 14.3 Å². The van der Waals surface area contributed by atoms with Gasteiger partial charge in [0.2, 0.25) is 5.91 Å². The fraction of sp³-hybridized carbons (Fsp3) is 0.500. The van der Waals surface area contributed by atoms with Crippen LogP contribution in [-0.2, 0) is 4.79 Å². The van der Waals surface area contributed by atoms with Crippen molar-refractivity contribution in [3.63, 3.8) is 0 Å². The highest BCUT2D eigenvalue weighted by Crippen LogP contribution is 2.18. The van der Waals surface area contributed by atoms with Gasteiger partial charge >= 0.3 is 6.03 Å². The van der Waals surface area contributed by atoms with Crippen molar-refractivity contribution in [2.75, 3.05) is 26.7 Å². The lowest BCUT2D eigenvalue weighted by Crippen LogP contribution is -2.44. The second kappa shape index (κ2) is 8.38. The number of likely N-dealkylation sites (N-methyl/N-ethyl adjacent to an activating group) is 1. The third-order valence-electron chi connectivity index (χ3n) is 3.28. The Balaban J connectivity index is 1.53. The molecule has 3 amide bonds. The highest BCUT2D eigenvalue weighted by molar-refractivity contribution is 5.95. The van der Waals surface area contributed by atoms with Crippen LogP contribution in [0.25, 0.3) is 0 Å². The van der Waals surface area contributed by atoms with Gasteiger partial charge in [-0.05, 0) is 38.4 Å². The van der Waals surface area contributed by atoms with Gasteiger partial charge in [0.25, 0.3) is 0 Å². The number of hydrogen-bond donors (Lipinski definition) is 2. The van der Waals surface area contributed by atoms with Crippen LogP contribution in [0.15, 0.2) is 30.3 Å². The summed E-state index contributed by atoms with van der Waals surface area (Å²) in [7, 11) is 1.85. The summed E-state index contributed by atoms with van der Waals surface area (Å²) < 4.78 is 5.59. The average molecular weight is 305 g/mol. The van der Waals surface area contributed by atoms with Gasteiger partial charge in [0.15, 0.2) is 0 Å². The predicted octanol–water partition coefficient (Wildman–Crippen LogP) is 1.38. The van der Waals surface area contributed by atoms with E-state index in [0.717, 1.165) is 31.6 Å². The fourth-order valence-electron chi connectivity index (χ4n) is 1.98. The van der Waals surface area contributed by atoms with E-state index in [0.29, 0.717) is 6.61 Å². The molecular weight excluding hydrogens is 282 g/mol. The van der Waals surface area contributed by atoms with Crippen LogP contribution >= 0.6 is 0 Å². The minimum atomic E-state index is -0.395. The predicted molar refractivity (Wildman–Crippen MR) is 83.7 cm³/mol. The van der Waals surface area contributed by atoms with Crippen molar-refractivity contribution in [3.05, 3.63) is 30.3 Å². The Hall–Kier alpha value is -2.08. The Bertz CT molecular complexity index is 489. The quantitative estimate of drug-likeness (QED) is 0.712. The molecule has 0 saturated heterocycles. The van der Waals surface area contributed by atoms with Crippen LogP contribution in [0, 0.1) is 0 Å². The van der Waals surface area contributed by atoms with Crippen LogP contribution < -0.4 is 15.4 Å². The number of hydrogen-bond acceptors (Lipinski definition) is 4. The third kappa shape index (κ3) is 6.58. The minimum Gasteiger partial charge on any atom is -0.494 e. The summed E-state index contributed by atoms with van der Waals surface area (Å²) >= 11 is 0. The van der Waals surface area contributed by atoms with Gasteiger partial charge in [-0.15, -0.1) is 0 Å². The zero-order valence-electron chi connectivity index (χ0n) is 12.9. The lowest BCUT2D eigenvalue weighted by Gasteiger charge is -2.16. The summed E-state index contributed by atoms with van der Waals surface area (Å²) in [6.07, 6.45) is 2.82. The van der Waals surface area contributed by atoms with Gasteiger partial charge in [-0.3, -0.25) is 15.0 Å². The van der Waals surface area contributed by atoms with Crippen molar-refractivity contribution in [2.24, 2.45) is 0 Å². The first kappa shape index (κ1) is 16.3. The molecule has 1 saturated carbocycles. The van der Waals surface area contributed by atoms with Crippen LogP contribution in [0.4, 0.5) is 4.79 Å². The Kier molecular flexibility index (Phi) is 6.21. The average Bonchev–Trinajstić information content (AvgIpc) is 3.28. The van der Waals surface area contributed by atoms with Crippen molar-refractivity contribution in [1.29, 1.82) is 0 Å². The highest BCUT2D eigenvalue weighted by atomic mass is 16.5. The number of benzene rings is 1. The van der Waals surface area contributed by atoms with E-state index >= 15 is 0 Å². The molecule has 6 nitrogen and oxygen atoms in total. The van der Waals surface area contributed by atoms with Gasteiger partial charge in [-0.25, -0.2) is 4.79 Å². The highest BCUT2D eigenvalue weighted by Gasteiger charge is 2.23. The number of nitrogens with zero attached hydrogens (tertiary/aromatic N) is 1. The molecule has 0 atom stereocenters. The zero-order chi connectivity index (χ0) is 15.8. The van der Waals surface area contributed by atoms with E-state index < -0.39 is 6.03 Å². The standard InChI is InChI=1S/C16H23N3O3/c1-19(10-5-11-22-14-6-3-2-4-7-14)12-15(20)18-16(21)17-13-8-9-13/h2-4,6-7,13H,5,8-12H2,1H3,(H2,17,18,20,21). The second-order valence-electron chi connectivity index (χ2n) is 5.55. The molecule has 0 aromatic heterocycles. The maximum Gasteiger partial charge on any atom is 0.321 e. The molecule has 1 aromatic carbocycles. The van der Waals surface area contributed by atoms with Gasteiger partial charge in [0.1, 0.15) is 5.75 Å². The molecule has 1 fully saturated rings. The first-order chi connectivity index (χ1) is 10.6. The second-order valence-corrected chi connectivity index (χ2v) is 5.55. The van der Waals surface area contributed by atoms with Crippen molar-refractivity contribution in [1.82, 2.24) is 15.5 Å². The molecule has 1 aliphatic carbocycles. The van der Waals surface area contributed by atoms with Crippen LogP contribution in [0.3, 0.4) is 0 Å². The monoisotopic (exact) mass is 305 g/mol. The number of rotatable bonds is 8. The van der Waals surface area contributed by atoms with Crippen LogP contribution in [-0.4, -0.2) is 49.6 Å². The molecule has 1 aliphatic rings. The number of amides is 3. The summed E-state index contributed by atoms with van der Waals surface area (Å²) in [5.74, 6) is 0.560. The molecule has 22 heavy (non-hydrogen) atoms. The van der Waals surface area contributed by atoms with E-state index in [-0.39, 0.29) is 18.5 Å². The van der Waals surface area contributed by atoms with Crippen molar-refractivity contribution in [3.8, 4) is 5.75 Å². The molecule has 0 radical (unpaired) electrons.